The molecule has 0 aromatic rings. The molecule has 0 bridgehead atoms. The van der Waals surface area contributed by atoms with Gasteiger partial charge in [0.05, 0.1) is 0 Å². The third-order valence-corrected chi connectivity index (χ3v) is 1.62. The van der Waals surface area contributed by atoms with Gasteiger partial charge in [-0.15, -0.1) is 0 Å². The molecule has 0 radical (unpaired) electrons. The van der Waals surface area contributed by atoms with Gasteiger partial charge in [0.2, 0.25) is 10.0 Å². The van der Waals surface area contributed by atoms with Crippen molar-refractivity contribution in [2.24, 2.45) is 5.14 Å². The SMILES string of the molecule is CC(C)(C)OC(=O)NC/C=C/S(N)(=O)=O. The summed E-state index contributed by atoms with van der Waals surface area (Å²) in [5.74, 6) is 0. The highest BCUT2D eigenvalue weighted by molar-refractivity contribution is 7.92. The summed E-state index contributed by atoms with van der Waals surface area (Å²) in [5, 5.41) is 7.85. The Morgan fingerprint density at radius 3 is 2.40 bits per heavy atom. The second kappa shape index (κ2) is 5.13. The molecular weight excluding hydrogens is 220 g/mol. The molecule has 0 rings (SSSR count). The number of amides is 1. The normalized spacial score (nSPS) is 12.8. The molecule has 15 heavy (non-hydrogen) atoms. The maximum atomic E-state index is 11.0. The smallest absolute Gasteiger partial charge is 0.407 e. The third kappa shape index (κ3) is 10.8. The molecule has 0 aliphatic heterocycles. The predicted octanol–water partition coefficient (Wildman–Crippen LogP) is 0.313. The highest BCUT2D eigenvalue weighted by Crippen LogP contribution is 2.05. The number of ether oxygens (including phenoxy) is 1. The van der Waals surface area contributed by atoms with E-state index in [4.69, 9.17) is 9.88 Å². The summed E-state index contributed by atoms with van der Waals surface area (Å²) in [5.41, 5.74) is -0.576. The second-order valence-corrected chi connectivity index (χ2v) is 5.29. The van der Waals surface area contributed by atoms with Crippen LogP contribution in [0, 0.1) is 0 Å². The Morgan fingerprint density at radius 2 is 2.00 bits per heavy atom. The highest BCUT2D eigenvalue weighted by Gasteiger charge is 2.14. The van der Waals surface area contributed by atoms with Gasteiger partial charge >= 0.3 is 6.09 Å². The van der Waals surface area contributed by atoms with Crippen LogP contribution in [0.5, 0.6) is 0 Å². The number of carbonyl (C=O) groups excluding carboxylic acids is 1. The van der Waals surface area contributed by atoms with Gasteiger partial charge in [0.25, 0.3) is 0 Å². The predicted molar refractivity (Wildman–Crippen MR) is 56.5 cm³/mol. The molecule has 3 N–H and O–H groups in total. The Labute approximate surface area is 89.5 Å². The zero-order valence-electron chi connectivity index (χ0n) is 8.98. The van der Waals surface area contributed by atoms with Crippen molar-refractivity contribution in [2.45, 2.75) is 26.4 Å². The van der Waals surface area contributed by atoms with E-state index in [2.05, 4.69) is 5.32 Å². The van der Waals surface area contributed by atoms with Gasteiger partial charge in [0.15, 0.2) is 0 Å². The summed E-state index contributed by atoms with van der Waals surface area (Å²) < 4.78 is 25.8. The van der Waals surface area contributed by atoms with Crippen LogP contribution < -0.4 is 10.5 Å². The maximum Gasteiger partial charge on any atom is 0.407 e. The molecule has 0 saturated carbocycles. The maximum absolute atomic E-state index is 11.0. The molecule has 6 nitrogen and oxygen atoms in total. The average Bonchev–Trinajstić information content (AvgIpc) is 1.92. The Kier molecular flexibility index (Phi) is 4.76. The van der Waals surface area contributed by atoms with E-state index in [1.807, 2.05) is 0 Å². The Morgan fingerprint density at radius 1 is 1.47 bits per heavy atom. The molecule has 0 aliphatic carbocycles. The third-order valence-electron chi connectivity index (χ3n) is 1.05. The lowest BCUT2D eigenvalue weighted by molar-refractivity contribution is 0.0534. The van der Waals surface area contributed by atoms with Gasteiger partial charge in [-0.2, -0.15) is 0 Å². The molecule has 0 aromatic heterocycles. The van der Waals surface area contributed by atoms with E-state index in [0.717, 1.165) is 5.41 Å². The zero-order valence-corrected chi connectivity index (χ0v) is 9.80. The standard InChI is InChI=1S/C8H16N2O4S/c1-8(2,3)14-7(11)10-5-4-6-15(9,12)13/h4,6H,5H2,1-3H3,(H,10,11)(H2,9,12,13)/b6-4+. The molecule has 0 atom stereocenters. The van der Waals surface area contributed by atoms with Crippen molar-refractivity contribution in [3.05, 3.63) is 11.5 Å². The lowest BCUT2D eigenvalue weighted by Crippen LogP contribution is -2.32. The number of nitrogens with two attached hydrogens (primary N) is 1. The monoisotopic (exact) mass is 236 g/mol. The van der Waals surface area contributed by atoms with E-state index >= 15 is 0 Å². The fourth-order valence-electron chi connectivity index (χ4n) is 0.639. The van der Waals surface area contributed by atoms with Crippen LogP contribution in [0.15, 0.2) is 11.5 Å². The molecular formula is C8H16N2O4S. The number of sulfonamides is 1. The summed E-state index contributed by atoms with van der Waals surface area (Å²) >= 11 is 0. The lowest BCUT2D eigenvalue weighted by Gasteiger charge is -2.19. The minimum absolute atomic E-state index is 0.0470. The van der Waals surface area contributed by atoms with Crippen LogP contribution in [-0.4, -0.2) is 26.7 Å². The fourth-order valence-corrected chi connectivity index (χ4v) is 1.00. The Hall–Kier alpha value is -1.08. The summed E-state index contributed by atoms with van der Waals surface area (Å²) in [7, 11) is -3.63. The first kappa shape index (κ1) is 13.9. The highest BCUT2D eigenvalue weighted by atomic mass is 32.2. The lowest BCUT2D eigenvalue weighted by atomic mass is 10.2. The van der Waals surface area contributed by atoms with E-state index in [1.165, 1.54) is 6.08 Å². The van der Waals surface area contributed by atoms with Crippen molar-refractivity contribution >= 4 is 16.1 Å². The minimum Gasteiger partial charge on any atom is -0.444 e. The molecule has 88 valence electrons. The van der Waals surface area contributed by atoms with Crippen molar-refractivity contribution in [1.29, 1.82) is 0 Å². The van der Waals surface area contributed by atoms with E-state index in [1.54, 1.807) is 20.8 Å². The zero-order chi connectivity index (χ0) is 12.1. The van der Waals surface area contributed by atoms with Crippen molar-refractivity contribution in [3.63, 3.8) is 0 Å². The number of carbonyl (C=O) groups is 1. The van der Waals surface area contributed by atoms with Gasteiger partial charge in [-0.25, -0.2) is 18.4 Å². The first-order valence-electron chi connectivity index (χ1n) is 4.26. The van der Waals surface area contributed by atoms with Gasteiger partial charge in [0.1, 0.15) is 5.60 Å². The van der Waals surface area contributed by atoms with Gasteiger partial charge in [-0.3, -0.25) is 0 Å². The first-order valence-corrected chi connectivity index (χ1v) is 5.87. The summed E-state index contributed by atoms with van der Waals surface area (Å²) in [6, 6.07) is 0. The molecule has 0 aromatic carbocycles. The quantitative estimate of drug-likeness (QED) is 0.736. The van der Waals surface area contributed by atoms with Crippen molar-refractivity contribution < 1.29 is 17.9 Å². The van der Waals surface area contributed by atoms with E-state index in [0.29, 0.717) is 0 Å². The molecule has 1 amide bonds. The van der Waals surface area contributed by atoms with E-state index < -0.39 is 21.7 Å². The number of nitrogens with one attached hydrogen (secondary N) is 1. The van der Waals surface area contributed by atoms with Crippen LogP contribution in [0.2, 0.25) is 0 Å². The number of hydrogen-bond acceptors (Lipinski definition) is 4. The van der Waals surface area contributed by atoms with Crippen molar-refractivity contribution in [2.75, 3.05) is 6.54 Å². The number of hydrogen-bond donors (Lipinski definition) is 2. The largest absolute Gasteiger partial charge is 0.444 e. The van der Waals surface area contributed by atoms with E-state index in [9.17, 15) is 13.2 Å². The number of alkyl carbamates (subject to hydrolysis) is 1. The topological polar surface area (TPSA) is 98.5 Å². The van der Waals surface area contributed by atoms with Gasteiger partial charge in [-0.05, 0) is 20.8 Å². The molecule has 0 fully saturated rings. The van der Waals surface area contributed by atoms with Crippen molar-refractivity contribution in [3.8, 4) is 0 Å². The number of primary sulfonamides is 1. The Bertz CT molecular complexity index is 340. The Balaban J connectivity index is 3.89. The van der Waals surface area contributed by atoms with Gasteiger partial charge in [-0.1, -0.05) is 6.08 Å². The van der Waals surface area contributed by atoms with Crippen LogP contribution >= 0.6 is 0 Å². The van der Waals surface area contributed by atoms with E-state index in [-0.39, 0.29) is 6.54 Å². The van der Waals surface area contributed by atoms with Gasteiger partial charge < -0.3 is 10.1 Å². The molecule has 0 heterocycles. The molecule has 0 aliphatic rings. The van der Waals surface area contributed by atoms with Crippen LogP contribution in [-0.2, 0) is 14.8 Å². The summed E-state index contributed by atoms with van der Waals surface area (Å²) in [6.45, 7) is 5.23. The fraction of sp³-hybridized carbons (Fsp3) is 0.625. The summed E-state index contributed by atoms with van der Waals surface area (Å²) in [6.07, 6.45) is 0.612. The first-order chi connectivity index (χ1) is 6.60. The van der Waals surface area contributed by atoms with Crippen LogP contribution in [0.1, 0.15) is 20.8 Å². The molecule has 0 unspecified atom stereocenters. The molecule has 7 heteroatoms. The van der Waals surface area contributed by atoms with Crippen LogP contribution in [0.4, 0.5) is 4.79 Å². The second-order valence-electron chi connectivity index (χ2n) is 3.84. The summed E-state index contributed by atoms with van der Waals surface area (Å²) in [4.78, 5) is 11.0. The van der Waals surface area contributed by atoms with Gasteiger partial charge in [0, 0.05) is 12.0 Å². The van der Waals surface area contributed by atoms with Crippen LogP contribution in [0.25, 0.3) is 0 Å². The molecule has 0 spiro atoms. The minimum atomic E-state index is -3.63. The van der Waals surface area contributed by atoms with Crippen molar-refractivity contribution in [1.82, 2.24) is 5.32 Å². The molecule has 0 saturated heterocycles. The van der Waals surface area contributed by atoms with Crippen LogP contribution in [0.3, 0.4) is 0 Å². The average molecular weight is 236 g/mol. The number of rotatable bonds is 3.